The fraction of sp³-hybridized carbons (Fsp3) is 0.417. The first-order valence-corrected chi connectivity index (χ1v) is 6.94. The molecule has 0 amide bonds. The molecule has 17 heavy (non-hydrogen) atoms. The monoisotopic (exact) mass is 252 g/mol. The second kappa shape index (κ2) is 5.80. The Hall–Kier alpha value is -1.38. The number of aryl methyl sites for hydroxylation is 1. The van der Waals surface area contributed by atoms with Crippen LogP contribution in [-0.2, 0) is 16.4 Å². The van der Waals surface area contributed by atoms with Crippen molar-refractivity contribution >= 4 is 10.0 Å². The van der Waals surface area contributed by atoms with E-state index in [-0.39, 0.29) is 0 Å². The third-order valence-electron chi connectivity index (χ3n) is 2.61. The number of hydrogen-bond donors (Lipinski definition) is 1. The maximum Gasteiger partial charge on any atom is 0.227 e. The van der Waals surface area contributed by atoms with Crippen LogP contribution in [0.15, 0.2) is 24.3 Å². The lowest BCUT2D eigenvalue weighted by molar-refractivity contribution is 0.577. The summed E-state index contributed by atoms with van der Waals surface area (Å²) in [6.07, 6.45) is 0.629. The minimum absolute atomic E-state index is 0.319. The molecule has 0 aliphatic carbocycles. The Morgan fingerprint density at radius 2 is 2.06 bits per heavy atom. The average molecular weight is 252 g/mol. The summed E-state index contributed by atoms with van der Waals surface area (Å²) in [6, 6.07) is 9.54. The minimum Gasteiger partial charge on any atom is -0.214 e. The lowest BCUT2D eigenvalue weighted by atomic mass is 10.1. The fourth-order valence-electron chi connectivity index (χ4n) is 1.41. The highest BCUT2D eigenvalue weighted by Gasteiger charge is 2.18. The van der Waals surface area contributed by atoms with Gasteiger partial charge in [-0.25, -0.2) is 13.1 Å². The van der Waals surface area contributed by atoms with Crippen LogP contribution in [0.2, 0.25) is 0 Å². The van der Waals surface area contributed by atoms with Crippen LogP contribution in [0.3, 0.4) is 0 Å². The van der Waals surface area contributed by atoms with E-state index >= 15 is 0 Å². The Morgan fingerprint density at radius 3 is 2.65 bits per heavy atom. The summed E-state index contributed by atoms with van der Waals surface area (Å²) in [6.45, 7) is 3.68. The van der Waals surface area contributed by atoms with Crippen molar-refractivity contribution in [1.29, 1.82) is 5.26 Å². The molecule has 0 aliphatic heterocycles. The summed E-state index contributed by atoms with van der Waals surface area (Å²) in [5.41, 5.74) is 2.25. The standard InChI is InChI=1S/C12H16N2O2S/c1-10-5-3-4-6-12(10)7-8-14-17(15,16)11(2)9-13/h3-6,11,14H,7-8H2,1-2H3. The van der Waals surface area contributed by atoms with Crippen molar-refractivity contribution in [3.8, 4) is 6.07 Å². The molecule has 0 bridgehead atoms. The van der Waals surface area contributed by atoms with Gasteiger partial charge in [0.25, 0.3) is 0 Å². The van der Waals surface area contributed by atoms with Gasteiger partial charge in [0, 0.05) is 6.54 Å². The van der Waals surface area contributed by atoms with Crippen LogP contribution < -0.4 is 4.72 Å². The molecule has 1 unspecified atom stereocenters. The molecule has 1 N–H and O–H groups in total. The van der Waals surface area contributed by atoms with Gasteiger partial charge in [-0.15, -0.1) is 0 Å². The third kappa shape index (κ3) is 3.84. The van der Waals surface area contributed by atoms with Crippen LogP contribution in [0.1, 0.15) is 18.1 Å². The summed E-state index contributed by atoms with van der Waals surface area (Å²) in [5, 5.41) is 7.55. The van der Waals surface area contributed by atoms with Gasteiger partial charge in [0.2, 0.25) is 10.0 Å². The lowest BCUT2D eigenvalue weighted by Gasteiger charge is -2.09. The number of nitrogens with one attached hydrogen (secondary N) is 1. The Bertz CT molecular complexity index is 518. The predicted molar refractivity (Wildman–Crippen MR) is 66.9 cm³/mol. The normalized spacial score (nSPS) is 13.0. The zero-order valence-electron chi connectivity index (χ0n) is 9.97. The first kappa shape index (κ1) is 13.7. The molecule has 0 spiro atoms. The molecular formula is C12H16N2O2S. The lowest BCUT2D eigenvalue weighted by Crippen LogP contribution is -2.33. The highest BCUT2D eigenvalue weighted by molar-refractivity contribution is 7.90. The van der Waals surface area contributed by atoms with E-state index in [2.05, 4.69) is 4.72 Å². The van der Waals surface area contributed by atoms with Crippen molar-refractivity contribution in [1.82, 2.24) is 4.72 Å². The molecule has 4 nitrogen and oxygen atoms in total. The van der Waals surface area contributed by atoms with Crippen LogP contribution >= 0.6 is 0 Å². The molecule has 92 valence electrons. The van der Waals surface area contributed by atoms with Crippen molar-refractivity contribution in [2.75, 3.05) is 6.54 Å². The Labute approximate surface area is 102 Å². The maximum atomic E-state index is 11.5. The Morgan fingerprint density at radius 1 is 1.41 bits per heavy atom. The van der Waals surface area contributed by atoms with Gasteiger partial charge in [-0.1, -0.05) is 24.3 Å². The summed E-state index contributed by atoms with van der Waals surface area (Å²) in [7, 11) is -3.50. The SMILES string of the molecule is Cc1ccccc1CCNS(=O)(=O)C(C)C#N. The number of sulfonamides is 1. The number of benzene rings is 1. The van der Waals surface area contributed by atoms with Crippen molar-refractivity contribution in [3.05, 3.63) is 35.4 Å². The van der Waals surface area contributed by atoms with Gasteiger partial charge in [-0.3, -0.25) is 0 Å². The van der Waals surface area contributed by atoms with E-state index in [1.807, 2.05) is 31.2 Å². The van der Waals surface area contributed by atoms with Crippen LogP contribution in [-0.4, -0.2) is 20.2 Å². The van der Waals surface area contributed by atoms with E-state index in [0.717, 1.165) is 11.1 Å². The molecule has 0 saturated heterocycles. The number of nitriles is 1. The fourth-order valence-corrected chi connectivity index (χ4v) is 2.19. The van der Waals surface area contributed by atoms with Gasteiger partial charge < -0.3 is 0 Å². The smallest absolute Gasteiger partial charge is 0.214 e. The third-order valence-corrected chi connectivity index (χ3v) is 4.25. The number of hydrogen-bond acceptors (Lipinski definition) is 3. The van der Waals surface area contributed by atoms with Gasteiger partial charge in [-0.2, -0.15) is 5.26 Å². The number of nitrogens with zero attached hydrogens (tertiary/aromatic N) is 1. The Balaban J connectivity index is 2.55. The molecule has 5 heteroatoms. The van der Waals surface area contributed by atoms with Crippen LogP contribution in [0.5, 0.6) is 0 Å². The zero-order valence-corrected chi connectivity index (χ0v) is 10.8. The highest BCUT2D eigenvalue weighted by atomic mass is 32.2. The zero-order chi connectivity index (χ0) is 12.9. The second-order valence-corrected chi connectivity index (χ2v) is 5.97. The quantitative estimate of drug-likeness (QED) is 0.860. The average Bonchev–Trinajstić information content (AvgIpc) is 2.30. The van der Waals surface area contributed by atoms with E-state index in [1.54, 1.807) is 6.07 Å². The van der Waals surface area contributed by atoms with Gasteiger partial charge in [0.15, 0.2) is 5.25 Å². The van der Waals surface area contributed by atoms with E-state index in [4.69, 9.17) is 5.26 Å². The van der Waals surface area contributed by atoms with Crippen LogP contribution in [0.25, 0.3) is 0 Å². The largest absolute Gasteiger partial charge is 0.227 e. The van der Waals surface area contributed by atoms with Gasteiger partial charge in [0.05, 0.1) is 6.07 Å². The topological polar surface area (TPSA) is 70.0 Å². The van der Waals surface area contributed by atoms with Gasteiger partial charge >= 0.3 is 0 Å². The highest BCUT2D eigenvalue weighted by Crippen LogP contribution is 2.07. The summed E-state index contributed by atoms with van der Waals surface area (Å²) < 4.78 is 25.4. The van der Waals surface area contributed by atoms with E-state index in [0.29, 0.717) is 13.0 Å². The van der Waals surface area contributed by atoms with Gasteiger partial charge in [0.1, 0.15) is 0 Å². The van der Waals surface area contributed by atoms with Crippen LogP contribution in [0.4, 0.5) is 0 Å². The van der Waals surface area contributed by atoms with Crippen molar-refractivity contribution in [2.45, 2.75) is 25.5 Å². The van der Waals surface area contributed by atoms with E-state index in [1.165, 1.54) is 6.92 Å². The molecule has 1 aromatic rings. The molecule has 0 aliphatic rings. The molecule has 1 atom stereocenters. The maximum absolute atomic E-state index is 11.5. The Kier molecular flexibility index (Phi) is 4.67. The minimum atomic E-state index is -3.50. The molecule has 0 saturated carbocycles. The molecule has 1 rings (SSSR count). The van der Waals surface area contributed by atoms with E-state index in [9.17, 15) is 8.42 Å². The number of rotatable bonds is 5. The van der Waals surface area contributed by atoms with Crippen molar-refractivity contribution in [2.24, 2.45) is 0 Å². The molecular weight excluding hydrogens is 236 g/mol. The molecule has 0 aromatic heterocycles. The van der Waals surface area contributed by atoms with Crippen molar-refractivity contribution < 1.29 is 8.42 Å². The molecule has 1 aromatic carbocycles. The molecule has 0 radical (unpaired) electrons. The van der Waals surface area contributed by atoms with Crippen molar-refractivity contribution in [3.63, 3.8) is 0 Å². The van der Waals surface area contributed by atoms with E-state index < -0.39 is 15.3 Å². The predicted octanol–water partition coefficient (Wildman–Crippen LogP) is 1.37. The second-order valence-electron chi connectivity index (χ2n) is 3.89. The first-order chi connectivity index (χ1) is 7.97. The summed E-state index contributed by atoms with van der Waals surface area (Å²) >= 11 is 0. The molecule has 0 fully saturated rings. The van der Waals surface area contributed by atoms with Crippen LogP contribution in [0, 0.1) is 18.3 Å². The summed E-state index contributed by atoms with van der Waals surface area (Å²) in [4.78, 5) is 0. The van der Waals surface area contributed by atoms with Gasteiger partial charge in [-0.05, 0) is 31.4 Å². The molecule has 0 heterocycles. The summed E-state index contributed by atoms with van der Waals surface area (Å²) in [5.74, 6) is 0. The first-order valence-electron chi connectivity index (χ1n) is 5.40.